The summed E-state index contributed by atoms with van der Waals surface area (Å²) in [5, 5.41) is 3.13. The number of hydrogen-bond acceptors (Lipinski definition) is 5. The summed E-state index contributed by atoms with van der Waals surface area (Å²) >= 11 is 0. The number of carbonyl (C=O) groups is 1. The molecule has 1 unspecified atom stereocenters. The third-order valence-electron chi connectivity index (χ3n) is 4.15. The standard InChI is InChI=1S/C15H31N3O2/c1-6-20-14(19)15(2,16-3)12-18-9-7-13(8-10-18)11-17(4)5/h13,16H,6-12H2,1-5H3. The third-order valence-corrected chi connectivity index (χ3v) is 4.15. The number of piperidine rings is 1. The van der Waals surface area contributed by atoms with Gasteiger partial charge < -0.3 is 19.9 Å². The molecule has 1 N–H and O–H groups in total. The summed E-state index contributed by atoms with van der Waals surface area (Å²) in [6.45, 7) is 8.22. The van der Waals surface area contributed by atoms with Crippen molar-refractivity contribution in [1.82, 2.24) is 15.1 Å². The first-order valence-corrected chi connectivity index (χ1v) is 7.64. The van der Waals surface area contributed by atoms with Crippen molar-refractivity contribution >= 4 is 5.97 Å². The number of rotatable bonds is 7. The quantitative estimate of drug-likeness (QED) is 0.701. The van der Waals surface area contributed by atoms with Crippen LogP contribution in [0.2, 0.25) is 0 Å². The predicted octanol–water partition coefficient (Wildman–Crippen LogP) is 0.801. The van der Waals surface area contributed by atoms with Gasteiger partial charge in [0.15, 0.2) is 0 Å². The van der Waals surface area contributed by atoms with Gasteiger partial charge in [0, 0.05) is 13.1 Å². The maximum atomic E-state index is 12.1. The number of carbonyl (C=O) groups excluding carboxylic acids is 1. The van der Waals surface area contributed by atoms with Gasteiger partial charge in [0.2, 0.25) is 0 Å². The summed E-state index contributed by atoms with van der Waals surface area (Å²) in [6, 6.07) is 0. The molecule has 0 spiro atoms. The van der Waals surface area contributed by atoms with E-state index in [-0.39, 0.29) is 5.97 Å². The molecule has 0 aromatic heterocycles. The van der Waals surface area contributed by atoms with Gasteiger partial charge in [-0.1, -0.05) is 0 Å². The van der Waals surface area contributed by atoms with Crippen LogP contribution in [0.5, 0.6) is 0 Å². The van der Waals surface area contributed by atoms with Crippen LogP contribution in [0.4, 0.5) is 0 Å². The normalized spacial score (nSPS) is 20.9. The maximum Gasteiger partial charge on any atom is 0.327 e. The van der Waals surface area contributed by atoms with E-state index < -0.39 is 5.54 Å². The van der Waals surface area contributed by atoms with Gasteiger partial charge >= 0.3 is 5.97 Å². The zero-order valence-electron chi connectivity index (χ0n) is 13.7. The van der Waals surface area contributed by atoms with Crippen LogP contribution in [0.1, 0.15) is 26.7 Å². The zero-order valence-corrected chi connectivity index (χ0v) is 13.7. The van der Waals surface area contributed by atoms with Crippen LogP contribution in [-0.2, 0) is 9.53 Å². The van der Waals surface area contributed by atoms with Crippen LogP contribution in [0.25, 0.3) is 0 Å². The first kappa shape index (κ1) is 17.4. The maximum absolute atomic E-state index is 12.1. The van der Waals surface area contributed by atoms with Gasteiger partial charge in [-0.2, -0.15) is 0 Å². The first-order valence-electron chi connectivity index (χ1n) is 7.64. The largest absolute Gasteiger partial charge is 0.465 e. The van der Waals surface area contributed by atoms with Crippen molar-refractivity contribution in [2.75, 3.05) is 53.9 Å². The van der Waals surface area contributed by atoms with Crippen molar-refractivity contribution in [1.29, 1.82) is 0 Å². The number of nitrogens with zero attached hydrogens (tertiary/aromatic N) is 2. The number of likely N-dealkylation sites (tertiary alicyclic amines) is 1. The molecule has 1 atom stereocenters. The molecule has 1 aliphatic heterocycles. The molecule has 1 aliphatic rings. The number of hydrogen-bond donors (Lipinski definition) is 1. The van der Waals surface area contributed by atoms with Gasteiger partial charge in [-0.15, -0.1) is 0 Å². The number of likely N-dealkylation sites (N-methyl/N-ethyl adjacent to an activating group) is 1. The monoisotopic (exact) mass is 285 g/mol. The summed E-state index contributed by atoms with van der Waals surface area (Å²) in [6.07, 6.45) is 2.42. The highest BCUT2D eigenvalue weighted by atomic mass is 16.5. The molecule has 118 valence electrons. The van der Waals surface area contributed by atoms with Crippen molar-refractivity contribution in [3.63, 3.8) is 0 Å². The van der Waals surface area contributed by atoms with Crippen LogP contribution >= 0.6 is 0 Å². The molecule has 0 amide bonds. The Hall–Kier alpha value is -0.650. The molecule has 0 aromatic carbocycles. The topological polar surface area (TPSA) is 44.8 Å². The number of nitrogens with one attached hydrogen (secondary N) is 1. The van der Waals surface area contributed by atoms with E-state index in [1.54, 1.807) is 0 Å². The highest BCUT2D eigenvalue weighted by Gasteiger charge is 2.36. The molecule has 0 aliphatic carbocycles. The molecule has 1 fully saturated rings. The van der Waals surface area contributed by atoms with E-state index in [0.717, 1.165) is 32.1 Å². The van der Waals surface area contributed by atoms with Crippen molar-refractivity contribution in [2.24, 2.45) is 5.92 Å². The lowest BCUT2D eigenvalue weighted by Gasteiger charge is -2.38. The van der Waals surface area contributed by atoms with E-state index in [1.165, 1.54) is 12.8 Å². The fourth-order valence-corrected chi connectivity index (χ4v) is 2.83. The second-order valence-electron chi connectivity index (χ2n) is 6.28. The summed E-state index contributed by atoms with van der Waals surface area (Å²) < 4.78 is 5.18. The summed E-state index contributed by atoms with van der Waals surface area (Å²) in [4.78, 5) is 16.7. The Kier molecular flexibility index (Phi) is 6.92. The van der Waals surface area contributed by atoms with E-state index in [2.05, 4.69) is 29.2 Å². The Morgan fingerprint density at radius 2 is 2.00 bits per heavy atom. The van der Waals surface area contributed by atoms with Gasteiger partial charge in [0.05, 0.1) is 6.61 Å². The minimum atomic E-state index is -0.607. The van der Waals surface area contributed by atoms with Crippen molar-refractivity contribution in [3.8, 4) is 0 Å². The molecule has 5 heteroatoms. The first-order chi connectivity index (χ1) is 9.41. The third kappa shape index (κ3) is 5.04. The Labute approximate surface area is 123 Å². The molecule has 0 bridgehead atoms. The molecular weight excluding hydrogens is 254 g/mol. The molecule has 5 nitrogen and oxygen atoms in total. The summed E-state index contributed by atoms with van der Waals surface area (Å²) in [7, 11) is 6.09. The van der Waals surface area contributed by atoms with Gasteiger partial charge in [0.25, 0.3) is 0 Å². The van der Waals surface area contributed by atoms with Gasteiger partial charge in [-0.25, -0.2) is 0 Å². The lowest BCUT2D eigenvalue weighted by Crippen LogP contribution is -2.57. The van der Waals surface area contributed by atoms with Gasteiger partial charge in [0.1, 0.15) is 5.54 Å². The Morgan fingerprint density at radius 1 is 1.40 bits per heavy atom. The van der Waals surface area contributed by atoms with E-state index in [4.69, 9.17) is 4.74 Å². The van der Waals surface area contributed by atoms with Crippen LogP contribution in [0, 0.1) is 5.92 Å². The molecule has 1 saturated heterocycles. The minimum absolute atomic E-state index is 0.155. The van der Waals surface area contributed by atoms with Crippen molar-refractivity contribution in [2.45, 2.75) is 32.2 Å². The summed E-state index contributed by atoms with van der Waals surface area (Å²) in [5.74, 6) is 0.627. The highest BCUT2D eigenvalue weighted by Crippen LogP contribution is 2.20. The van der Waals surface area contributed by atoms with E-state index >= 15 is 0 Å². The van der Waals surface area contributed by atoms with Crippen LogP contribution < -0.4 is 5.32 Å². The summed E-state index contributed by atoms with van der Waals surface area (Å²) in [5.41, 5.74) is -0.607. The lowest BCUT2D eigenvalue weighted by molar-refractivity contribution is -0.151. The highest BCUT2D eigenvalue weighted by molar-refractivity contribution is 5.80. The minimum Gasteiger partial charge on any atom is -0.465 e. The van der Waals surface area contributed by atoms with Gasteiger partial charge in [-0.3, -0.25) is 4.79 Å². The van der Waals surface area contributed by atoms with Crippen LogP contribution in [0.15, 0.2) is 0 Å². The molecule has 0 aromatic rings. The van der Waals surface area contributed by atoms with Crippen molar-refractivity contribution in [3.05, 3.63) is 0 Å². The number of ether oxygens (including phenoxy) is 1. The van der Waals surface area contributed by atoms with Crippen molar-refractivity contribution < 1.29 is 9.53 Å². The Balaban J connectivity index is 2.46. The molecule has 0 radical (unpaired) electrons. The number of esters is 1. The predicted molar refractivity (Wildman–Crippen MR) is 81.8 cm³/mol. The Bertz CT molecular complexity index is 301. The zero-order chi connectivity index (χ0) is 15.2. The average molecular weight is 285 g/mol. The second-order valence-corrected chi connectivity index (χ2v) is 6.28. The lowest BCUT2D eigenvalue weighted by atomic mass is 9.94. The van der Waals surface area contributed by atoms with Gasteiger partial charge in [-0.05, 0) is 66.8 Å². The second kappa shape index (κ2) is 7.96. The van der Waals surface area contributed by atoms with Crippen LogP contribution in [-0.4, -0.2) is 75.2 Å². The SMILES string of the molecule is CCOC(=O)C(C)(CN1CCC(CN(C)C)CC1)NC. The molecule has 1 heterocycles. The molecule has 1 rings (SSSR count). The molecule has 20 heavy (non-hydrogen) atoms. The average Bonchev–Trinajstić information content (AvgIpc) is 2.40. The van der Waals surface area contributed by atoms with Crippen LogP contribution in [0.3, 0.4) is 0 Å². The Morgan fingerprint density at radius 3 is 2.45 bits per heavy atom. The van der Waals surface area contributed by atoms with E-state index in [9.17, 15) is 4.79 Å². The molecular formula is C15H31N3O2. The smallest absolute Gasteiger partial charge is 0.327 e. The fraction of sp³-hybridized carbons (Fsp3) is 0.933. The van der Waals surface area contributed by atoms with E-state index in [0.29, 0.717) is 6.61 Å². The molecule has 0 saturated carbocycles. The fourth-order valence-electron chi connectivity index (χ4n) is 2.83. The van der Waals surface area contributed by atoms with E-state index in [1.807, 2.05) is 20.9 Å².